The van der Waals surface area contributed by atoms with Crippen molar-refractivity contribution >= 4 is 15.7 Å². The van der Waals surface area contributed by atoms with Crippen LogP contribution in [0.4, 0.5) is 5.88 Å². The van der Waals surface area contributed by atoms with Crippen molar-refractivity contribution in [3.05, 3.63) is 72.3 Å². The van der Waals surface area contributed by atoms with Crippen LogP contribution in [0, 0.1) is 13.8 Å². The second kappa shape index (κ2) is 7.17. The number of aryl methyl sites for hydroxylation is 2. The average Bonchev–Trinajstić information content (AvgIpc) is 3.05. The molecule has 0 amide bonds. The van der Waals surface area contributed by atoms with Gasteiger partial charge in [0.1, 0.15) is 0 Å². The van der Waals surface area contributed by atoms with Gasteiger partial charge in [-0.2, -0.15) is 4.98 Å². The second-order valence-corrected chi connectivity index (χ2v) is 7.82. The van der Waals surface area contributed by atoms with Crippen LogP contribution in [0.3, 0.4) is 0 Å². The van der Waals surface area contributed by atoms with Crippen LogP contribution in [0.25, 0.3) is 11.5 Å². The maximum atomic E-state index is 13.1. The third-order valence-electron chi connectivity index (χ3n) is 3.96. The fourth-order valence-electron chi connectivity index (χ4n) is 2.52. The molecule has 0 atom stereocenters. The molecule has 0 spiro atoms. The molecule has 0 radical (unpaired) electrons. The summed E-state index contributed by atoms with van der Waals surface area (Å²) in [6.45, 7) is 7.82. The van der Waals surface area contributed by atoms with E-state index in [0.717, 1.165) is 16.7 Å². The summed E-state index contributed by atoms with van der Waals surface area (Å²) in [6, 6.07) is 14.2. The maximum absolute atomic E-state index is 13.1. The van der Waals surface area contributed by atoms with Gasteiger partial charge in [-0.1, -0.05) is 42.0 Å². The largest absolute Gasteiger partial charge is 0.419 e. The van der Waals surface area contributed by atoms with Gasteiger partial charge in [-0.05, 0) is 37.6 Å². The molecule has 134 valence electrons. The van der Waals surface area contributed by atoms with E-state index in [2.05, 4.69) is 16.9 Å². The number of aromatic nitrogens is 1. The minimum absolute atomic E-state index is 0.115. The van der Waals surface area contributed by atoms with E-state index in [1.165, 1.54) is 0 Å². The summed E-state index contributed by atoms with van der Waals surface area (Å²) in [5.74, 6) is 0.379. The van der Waals surface area contributed by atoms with Crippen LogP contribution in [-0.2, 0) is 9.84 Å². The van der Waals surface area contributed by atoms with Gasteiger partial charge >= 0.3 is 0 Å². The molecule has 0 aliphatic rings. The predicted molar refractivity (Wildman–Crippen MR) is 102 cm³/mol. The number of nitrogens with zero attached hydrogens (tertiary/aromatic N) is 1. The Bertz CT molecular complexity index is 1040. The first-order valence-corrected chi connectivity index (χ1v) is 9.65. The Morgan fingerprint density at radius 2 is 1.81 bits per heavy atom. The Balaban J connectivity index is 2.14. The highest BCUT2D eigenvalue weighted by atomic mass is 32.2. The number of nitrogens with one attached hydrogen (secondary N) is 1. The molecule has 0 saturated heterocycles. The molecule has 2 aromatic carbocycles. The summed E-state index contributed by atoms with van der Waals surface area (Å²) >= 11 is 0. The summed E-state index contributed by atoms with van der Waals surface area (Å²) < 4.78 is 31.9. The molecule has 26 heavy (non-hydrogen) atoms. The standard InChI is InChI=1S/C20H20N2O3S/c1-4-13-21-19-20(26(23,24)16-11-9-14(2)10-12-16)22-18(25-19)17-8-6-5-7-15(17)3/h4-12,21H,1,13H2,2-3H3. The molecule has 5 nitrogen and oxygen atoms in total. The summed E-state index contributed by atoms with van der Waals surface area (Å²) in [6.07, 6.45) is 1.62. The van der Waals surface area contributed by atoms with Gasteiger partial charge in [-0.25, -0.2) is 8.42 Å². The van der Waals surface area contributed by atoms with Gasteiger partial charge < -0.3 is 9.73 Å². The number of hydrogen-bond acceptors (Lipinski definition) is 5. The van der Waals surface area contributed by atoms with Crippen LogP contribution >= 0.6 is 0 Å². The minimum Gasteiger partial charge on any atom is -0.419 e. The van der Waals surface area contributed by atoms with Gasteiger partial charge in [0, 0.05) is 12.1 Å². The first-order chi connectivity index (χ1) is 12.4. The van der Waals surface area contributed by atoms with E-state index in [1.807, 2.05) is 38.1 Å². The summed E-state index contributed by atoms with van der Waals surface area (Å²) in [5, 5.41) is 2.81. The lowest BCUT2D eigenvalue weighted by atomic mass is 10.1. The summed E-state index contributed by atoms with van der Waals surface area (Å²) in [7, 11) is -3.82. The van der Waals surface area contributed by atoms with Crippen molar-refractivity contribution in [3.63, 3.8) is 0 Å². The van der Waals surface area contributed by atoms with Crippen LogP contribution in [0.15, 0.2) is 75.5 Å². The Hall–Kier alpha value is -2.86. The maximum Gasteiger partial charge on any atom is 0.234 e. The summed E-state index contributed by atoms with van der Waals surface area (Å²) in [4.78, 5) is 4.49. The highest BCUT2D eigenvalue weighted by Crippen LogP contribution is 2.33. The van der Waals surface area contributed by atoms with Gasteiger partial charge in [-0.15, -0.1) is 6.58 Å². The van der Waals surface area contributed by atoms with E-state index in [1.54, 1.807) is 30.3 Å². The second-order valence-electron chi connectivity index (χ2n) is 5.95. The quantitative estimate of drug-likeness (QED) is 0.653. The Morgan fingerprint density at radius 1 is 1.12 bits per heavy atom. The van der Waals surface area contributed by atoms with E-state index in [9.17, 15) is 8.42 Å². The van der Waals surface area contributed by atoms with Crippen molar-refractivity contribution < 1.29 is 12.8 Å². The topological polar surface area (TPSA) is 72.2 Å². The van der Waals surface area contributed by atoms with Gasteiger partial charge in [-0.3, -0.25) is 0 Å². The number of oxazole rings is 1. The molecule has 0 aliphatic carbocycles. The van der Waals surface area contributed by atoms with Gasteiger partial charge in [0.15, 0.2) is 0 Å². The van der Waals surface area contributed by atoms with E-state index < -0.39 is 9.84 Å². The molecule has 0 bridgehead atoms. The zero-order chi connectivity index (χ0) is 18.7. The molecule has 0 fully saturated rings. The number of hydrogen-bond donors (Lipinski definition) is 1. The van der Waals surface area contributed by atoms with Crippen LogP contribution in [0.2, 0.25) is 0 Å². The normalized spacial score (nSPS) is 11.3. The number of benzene rings is 2. The molecular formula is C20H20N2O3S. The molecule has 3 rings (SSSR count). The van der Waals surface area contributed by atoms with Crippen molar-refractivity contribution in [1.82, 2.24) is 4.98 Å². The van der Waals surface area contributed by atoms with Crippen LogP contribution in [0.1, 0.15) is 11.1 Å². The zero-order valence-corrected chi connectivity index (χ0v) is 15.5. The van der Waals surface area contributed by atoms with Crippen LogP contribution in [-0.4, -0.2) is 19.9 Å². The smallest absolute Gasteiger partial charge is 0.234 e. The van der Waals surface area contributed by atoms with E-state index >= 15 is 0 Å². The first-order valence-electron chi connectivity index (χ1n) is 8.17. The highest BCUT2D eigenvalue weighted by molar-refractivity contribution is 7.91. The van der Waals surface area contributed by atoms with Gasteiger partial charge in [0.25, 0.3) is 0 Å². The Morgan fingerprint density at radius 3 is 2.46 bits per heavy atom. The number of rotatable bonds is 6. The lowest BCUT2D eigenvalue weighted by Gasteiger charge is -2.04. The highest BCUT2D eigenvalue weighted by Gasteiger charge is 2.28. The van der Waals surface area contributed by atoms with Crippen molar-refractivity contribution in [3.8, 4) is 11.5 Å². The third kappa shape index (κ3) is 3.41. The SMILES string of the molecule is C=CCNc1oc(-c2ccccc2C)nc1S(=O)(=O)c1ccc(C)cc1. The molecule has 0 aliphatic heterocycles. The molecule has 1 N–H and O–H groups in total. The van der Waals surface area contributed by atoms with E-state index in [4.69, 9.17) is 4.42 Å². The molecule has 1 aromatic heterocycles. The third-order valence-corrected chi connectivity index (χ3v) is 5.64. The van der Waals surface area contributed by atoms with Crippen LogP contribution in [0.5, 0.6) is 0 Å². The zero-order valence-electron chi connectivity index (χ0n) is 14.7. The van der Waals surface area contributed by atoms with Gasteiger partial charge in [0.05, 0.1) is 4.90 Å². The van der Waals surface area contributed by atoms with Crippen molar-refractivity contribution in [2.24, 2.45) is 0 Å². The van der Waals surface area contributed by atoms with Crippen molar-refractivity contribution in [2.45, 2.75) is 23.8 Å². The summed E-state index contributed by atoms with van der Waals surface area (Å²) in [5.41, 5.74) is 2.68. The molecule has 1 heterocycles. The predicted octanol–water partition coefficient (Wildman–Crippen LogP) is 4.39. The Labute approximate surface area is 153 Å². The first kappa shape index (κ1) is 17.9. The Kier molecular flexibility index (Phi) is 4.95. The molecule has 0 unspecified atom stereocenters. The molecular weight excluding hydrogens is 348 g/mol. The van der Waals surface area contributed by atoms with Crippen molar-refractivity contribution in [2.75, 3.05) is 11.9 Å². The number of sulfone groups is 1. The van der Waals surface area contributed by atoms with Gasteiger partial charge in [0.2, 0.25) is 26.6 Å². The van der Waals surface area contributed by atoms with Crippen molar-refractivity contribution in [1.29, 1.82) is 0 Å². The molecule has 6 heteroatoms. The van der Waals surface area contributed by atoms with E-state index in [0.29, 0.717) is 6.54 Å². The molecule has 3 aromatic rings. The fraction of sp³-hybridized carbons (Fsp3) is 0.150. The van der Waals surface area contributed by atoms with Crippen LogP contribution < -0.4 is 5.32 Å². The lowest BCUT2D eigenvalue weighted by molar-refractivity contribution is 0.578. The average molecular weight is 368 g/mol. The monoisotopic (exact) mass is 368 g/mol. The fourth-order valence-corrected chi connectivity index (χ4v) is 3.80. The number of anilines is 1. The molecule has 0 saturated carbocycles. The lowest BCUT2D eigenvalue weighted by Crippen LogP contribution is -2.07. The van der Waals surface area contributed by atoms with E-state index in [-0.39, 0.29) is 21.7 Å². The minimum atomic E-state index is -3.82.